The summed E-state index contributed by atoms with van der Waals surface area (Å²) in [5.41, 5.74) is 1.24. The van der Waals surface area contributed by atoms with Gasteiger partial charge in [-0.1, -0.05) is 29.4 Å². The molecule has 1 atom stereocenters. The summed E-state index contributed by atoms with van der Waals surface area (Å²) in [4.78, 5) is 13.6. The molecule has 25 heavy (non-hydrogen) atoms. The monoisotopic (exact) mass is 337 g/mol. The summed E-state index contributed by atoms with van der Waals surface area (Å²) in [6.45, 7) is 3.73. The van der Waals surface area contributed by atoms with Gasteiger partial charge in [0.25, 0.3) is 0 Å². The topological polar surface area (TPSA) is 58.3 Å². The maximum atomic E-state index is 5.18. The largest absolute Gasteiger partial charge is 0.362 e. The van der Waals surface area contributed by atoms with Crippen LogP contribution in [-0.2, 0) is 6.54 Å². The van der Waals surface area contributed by atoms with Crippen molar-refractivity contribution in [2.45, 2.75) is 32.4 Å². The molecule has 3 aromatic rings. The van der Waals surface area contributed by atoms with E-state index in [1.807, 2.05) is 27.2 Å². The van der Waals surface area contributed by atoms with Gasteiger partial charge in [0.05, 0.1) is 6.04 Å². The van der Waals surface area contributed by atoms with Crippen LogP contribution in [0.25, 0.3) is 10.8 Å². The van der Waals surface area contributed by atoms with Crippen molar-refractivity contribution in [2.24, 2.45) is 0 Å². The van der Waals surface area contributed by atoms with E-state index in [0.717, 1.165) is 37.6 Å². The Labute approximate surface area is 147 Å². The molecule has 0 saturated carbocycles. The summed E-state index contributed by atoms with van der Waals surface area (Å²) in [6, 6.07) is 8.72. The van der Waals surface area contributed by atoms with Crippen molar-refractivity contribution in [2.75, 3.05) is 25.5 Å². The summed E-state index contributed by atoms with van der Waals surface area (Å²) < 4.78 is 5.18. The number of aromatic nitrogens is 3. The molecule has 0 radical (unpaired) electrons. The zero-order valence-electron chi connectivity index (χ0n) is 14.9. The third-order valence-corrected chi connectivity index (χ3v) is 4.86. The van der Waals surface area contributed by atoms with E-state index in [-0.39, 0.29) is 6.04 Å². The van der Waals surface area contributed by atoms with Gasteiger partial charge in [-0.2, -0.15) is 4.98 Å². The second kappa shape index (κ2) is 6.44. The Morgan fingerprint density at radius 2 is 2.04 bits per heavy atom. The number of nitrogens with zero attached hydrogens (tertiary/aromatic N) is 5. The predicted molar refractivity (Wildman–Crippen MR) is 97.5 cm³/mol. The molecule has 130 valence electrons. The fourth-order valence-electron chi connectivity index (χ4n) is 3.70. The molecule has 2 aromatic heterocycles. The lowest BCUT2D eigenvalue weighted by Gasteiger charge is -2.23. The first-order valence-electron chi connectivity index (χ1n) is 8.71. The highest BCUT2D eigenvalue weighted by Crippen LogP contribution is 2.33. The lowest BCUT2D eigenvalue weighted by atomic mass is 10.1. The quantitative estimate of drug-likeness (QED) is 0.728. The molecule has 1 saturated heterocycles. The van der Waals surface area contributed by atoms with Crippen molar-refractivity contribution in [3.63, 3.8) is 0 Å². The third kappa shape index (κ3) is 2.98. The molecule has 6 heteroatoms. The summed E-state index contributed by atoms with van der Waals surface area (Å²) in [7, 11) is 4.06. The highest BCUT2D eigenvalue weighted by Gasteiger charge is 2.30. The van der Waals surface area contributed by atoms with E-state index in [1.165, 1.54) is 16.3 Å². The number of anilines is 1. The molecule has 1 aromatic carbocycles. The van der Waals surface area contributed by atoms with Gasteiger partial charge in [-0.05, 0) is 30.3 Å². The number of aryl methyl sites for hydroxylation is 1. The van der Waals surface area contributed by atoms with Gasteiger partial charge in [0.1, 0.15) is 5.82 Å². The fraction of sp³-hybridized carbons (Fsp3) is 0.421. The van der Waals surface area contributed by atoms with E-state index in [4.69, 9.17) is 9.51 Å². The van der Waals surface area contributed by atoms with Crippen LogP contribution in [0.15, 0.2) is 35.0 Å². The van der Waals surface area contributed by atoms with Crippen LogP contribution in [0.1, 0.15) is 36.2 Å². The Bertz CT molecular complexity index is 888. The van der Waals surface area contributed by atoms with E-state index < -0.39 is 0 Å². The highest BCUT2D eigenvalue weighted by molar-refractivity contribution is 5.94. The summed E-state index contributed by atoms with van der Waals surface area (Å²) in [5.74, 6) is 2.44. The zero-order valence-corrected chi connectivity index (χ0v) is 14.9. The van der Waals surface area contributed by atoms with Crippen LogP contribution < -0.4 is 4.90 Å². The molecule has 0 aliphatic carbocycles. The van der Waals surface area contributed by atoms with Crippen LogP contribution in [0.2, 0.25) is 0 Å². The minimum Gasteiger partial charge on any atom is -0.362 e. The van der Waals surface area contributed by atoms with Crippen LogP contribution in [0, 0.1) is 6.92 Å². The van der Waals surface area contributed by atoms with Crippen LogP contribution in [0.4, 0.5) is 5.82 Å². The smallest absolute Gasteiger partial charge is 0.223 e. The molecule has 1 unspecified atom stereocenters. The Morgan fingerprint density at radius 1 is 1.24 bits per heavy atom. The van der Waals surface area contributed by atoms with E-state index in [9.17, 15) is 0 Å². The number of hydrogen-bond donors (Lipinski definition) is 0. The van der Waals surface area contributed by atoms with E-state index in [2.05, 4.69) is 44.2 Å². The van der Waals surface area contributed by atoms with Crippen LogP contribution in [-0.4, -0.2) is 40.7 Å². The molecule has 0 spiro atoms. The van der Waals surface area contributed by atoms with E-state index >= 15 is 0 Å². The summed E-state index contributed by atoms with van der Waals surface area (Å²) >= 11 is 0. The van der Waals surface area contributed by atoms with Crippen LogP contribution >= 0.6 is 0 Å². The number of benzene rings is 1. The zero-order chi connectivity index (χ0) is 17.4. The second-order valence-corrected chi connectivity index (χ2v) is 6.85. The lowest BCUT2D eigenvalue weighted by Crippen LogP contribution is -2.24. The molecule has 1 aliphatic heterocycles. The van der Waals surface area contributed by atoms with E-state index in [0.29, 0.717) is 5.89 Å². The average molecular weight is 337 g/mol. The minimum atomic E-state index is 0.227. The Morgan fingerprint density at radius 3 is 2.76 bits per heavy atom. The van der Waals surface area contributed by atoms with Gasteiger partial charge >= 0.3 is 0 Å². The number of pyridine rings is 1. The van der Waals surface area contributed by atoms with Gasteiger partial charge in [-0.15, -0.1) is 0 Å². The molecule has 0 N–H and O–H groups in total. The van der Waals surface area contributed by atoms with Crippen molar-refractivity contribution in [1.82, 2.24) is 20.0 Å². The lowest BCUT2D eigenvalue weighted by molar-refractivity contribution is 0.235. The van der Waals surface area contributed by atoms with Gasteiger partial charge in [-0.25, -0.2) is 4.98 Å². The Balaban J connectivity index is 1.67. The van der Waals surface area contributed by atoms with Crippen molar-refractivity contribution in [3.05, 3.63) is 47.7 Å². The minimum absolute atomic E-state index is 0.227. The third-order valence-electron chi connectivity index (χ3n) is 4.86. The first kappa shape index (κ1) is 16.0. The highest BCUT2D eigenvalue weighted by atomic mass is 16.5. The van der Waals surface area contributed by atoms with Crippen molar-refractivity contribution in [1.29, 1.82) is 0 Å². The summed E-state index contributed by atoms with van der Waals surface area (Å²) in [5, 5.41) is 6.59. The van der Waals surface area contributed by atoms with Gasteiger partial charge < -0.3 is 9.42 Å². The first-order chi connectivity index (χ1) is 12.1. The average Bonchev–Trinajstić information content (AvgIpc) is 3.23. The Kier molecular flexibility index (Phi) is 4.13. The maximum Gasteiger partial charge on any atom is 0.223 e. The molecular formula is C19H23N5O. The van der Waals surface area contributed by atoms with Crippen molar-refractivity contribution in [3.8, 4) is 0 Å². The molecule has 1 fully saturated rings. The van der Waals surface area contributed by atoms with Gasteiger partial charge in [0.2, 0.25) is 5.89 Å². The van der Waals surface area contributed by atoms with Crippen LogP contribution in [0.3, 0.4) is 0 Å². The van der Waals surface area contributed by atoms with Crippen molar-refractivity contribution >= 4 is 16.6 Å². The summed E-state index contributed by atoms with van der Waals surface area (Å²) in [6.07, 6.45) is 4.23. The molecule has 3 heterocycles. The molecular weight excluding hydrogens is 314 g/mol. The normalized spacial score (nSPS) is 18.1. The van der Waals surface area contributed by atoms with Gasteiger partial charge in [0, 0.05) is 39.1 Å². The number of rotatable bonds is 4. The van der Waals surface area contributed by atoms with Crippen LogP contribution in [0.5, 0.6) is 0 Å². The van der Waals surface area contributed by atoms with Gasteiger partial charge in [-0.3, -0.25) is 4.90 Å². The standard InChI is InChI=1S/C19H23N5O/c1-13-21-18(22-25-13)17-9-6-10-24(17)12-14-11-20-19(23(2)3)16-8-5-4-7-15(14)16/h4-5,7-8,11,17H,6,9-10,12H2,1-3H3. The predicted octanol–water partition coefficient (Wildman–Crippen LogP) is 3.33. The fourth-order valence-corrected chi connectivity index (χ4v) is 3.70. The number of likely N-dealkylation sites (tertiary alicyclic amines) is 1. The van der Waals surface area contributed by atoms with Crippen molar-refractivity contribution < 1.29 is 4.52 Å². The second-order valence-electron chi connectivity index (χ2n) is 6.85. The maximum absolute atomic E-state index is 5.18. The molecule has 1 aliphatic rings. The number of fused-ring (bicyclic) bond motifs is 1. The van der Waals surface area contributed by atoms with Gasteiger partial charge in [0.15, 0.2) is 5.82 Å². The molecule has 0 amide bonds. The SMILES string of the molecule is Cc1nc(C2CCCN2Cc2cnc(N(C)C)c3ccccc23)no1. The molecule has 0 bridgehead atoms. The molecule has 6 nitrogen and oxygen atoms in total. The first-order valence-corrected chi connectivity index (χ1v) is 8.71. The van der Waals surface area contributed by atoms with E-state index in [1.54, 1.807) is 0 Å². The number of hydrogen-bond acceptors (Lipinski definition) is 6. The Hall–Kier alpha value is -2.47. The molecule has 4 rings (SSSR count).